The summed E-state index contributed by atoms with van der Waals surface area (Å²) >= 11 is 0. The molecule has 2 aromatic rings. The Bertz CT molecular complexity index is 828. The van der Waals surface area contributed by atoms with Crippen LogP contribution in [-0.4, -0.2) is 25.4 Å². The molecule has 0 aliphatic carbocycles. The molecule has 28 heavy (non-hydrogen) atoms. The van der Waals surface area contributed by atoms with Gasteiger partial charge >= 0.3 is 0 Å². The second-order valence-electron chi connectivity index (χ2n) is 7.72. The highest BCUT2D eigenvalue weighted by Crippen LogP contribution is 2.44. The molecule has 150 valence electrons. The number of allylic oxidation sites excluding steroid dienone is 1. The van der Waals surface area contributed by atoms with Crippen LogP contribution in [0, 0.1) is 6.92 Å². The number of ether oxygens (including phenoxy) is 3. The van der Waals surface area contributed by atoms with E-state index in [4.69, 9.17) is 14.2 Å². The number of anilines is 1. The molecule has 2 atom stereocenters. The fourth-order valence-corrected chi connectivity index (χ4v) is 3.64. The molecule has 1 N–H and O–H groups in total. The summed E-state index contributed by atoms with van der Waals surface area (Å²) in [5.41, 5.74) is 4.14. The van der Waals surface area contributed by atoms with Gasteiger partial charge in [0.15, 0.2) is 0 Å². The summed E-state index contributed by atoms with van der Waals surface area (Å²) in [5.74, 6) is 0.851. The Morgan fingerprint density at radius 1 is 1.18 bits per heavy atom. The molecule has 0 radical (unpaired) electrons. The van der Waals surface area contributed by atoms with E-state index >= 15 is 0 Å². The highest BCUT2D eigenvalue weighted by Gasteiger charge is 2.45. The van der Waals surface area contributed by atoms with Gasteiger partial charge in [0.25, 0.3) is 0 Å². The van der Waals surface area contributed by atoms with Gasteiger partial charge in [-0.1, -0.05) is 36.4 Å². The number of aryl methyl sites for hydroxylation is 1. The third-order valence-electron chi connectivity index (χ3n) is 5.26. The van der Waals surface area contributed by atoms with E-state index in [1.54, 1.807) is 7.11 Å². The summed E-state index contributed by atoms with van der Waals surface area (Å²) in [6, 6.07) is 14.6. The molecule has 0 saturated carbocycles. The molecular weight excluding hydrogens is 350 g/mol. The molecule has 0 saturated heterocycles. The highest BCUT2D eigenvalue weighted by molar-refractivity contribution is 5.54. The van der Waals surface area contributed by atoms with E-state index in [0.29, 0.717) is 6.61 Å². The van der Waals surface area contributed by atoms with E-state index in [0.717, 1.165) is 23.5 Å². The molecule has 0 amide bonds. The second-order valence-corrected chi connectivity index (χ2v) is 7.72. The monoisotopic (exact) mass is 381 g/mol. The van der Waals surface area contributed by atoms with Crippen molar-refractivity contribution >= 4 is 5.69 Å². The van der Waals surface area contributed by atoms with Crippen LogP contribution in [0.25, 0.3) is 0 Å². The number of hydrogen-bond donors (Lipinski definition) is 1. The van der Waals surface area contributed by atoms with E-state index in [1.165, 1.54) is 11.1 Å². The molecule has 1 heterocycles. The fourth-order valence-electron chi connectivity index (χ4n) is 3.64. The second kappa shape index (κ2) is 8.80. The van der Waals surface area contributed by atoms with Gasteiger partial charge in [-0.15, -0.1) is 0 Å². The zero-order valence-electron chi connectivity index (χ0n) is 17.5. The molecule has 1 aliphatic heterocycles. The molecule has 4 nitrogen and oxygen atoms in total. The van der Waals surface area contributed by atoms with E-state index < -0.39 is 5.60 Å². The van der Waals surface area contributed by atoms with Crippen molar-refractivity contribution in [3.8, 4) is 5.75 Å². The Morgan fingerprint density at radius 3 is 2.68 bits per heavy atom. The molecule has 2 unspecified atom stereocenters. The van der Waals surface area contributed by atoms with Crippen molar-refractivity contribution in [1.82, 2.24) is 0 Å². The number of methoxy groups -OCH3 is 1. The van der Waals surface area contributed by atoms with Gasteiger partial charge in [0.2, 0.25) is 0 Å². The highest BCUT2D eigenvalue weighted by atomic mass is 16.6. The number of nitrogens with one attached hydrogen (secondary N) is 1. The predicted octanol–water partition coefficient (Wildman–Crippen LogP) is 5.43. The topological polar surface area (TPSA) is 39.7 Å². The van der Waals surface area contributed by atoms with Gasteiger partial charge in [-0.05, 0) is 57.0 Å². The van der Waals surface area contributed by atoms with Crippen LogP contribution in [0.3, 0.4) is 0 Å². The Hall–Kier alpha value is -2.30. The van der Waals surface area contributed by atoms with Crippen LogP contribution in [0.15, 0.2) is 54.6 Å². The number of benzene rings is 2. The lowest BCUT2D eigenvalue weighted by Crippen LogP contribution is -2.50. The summed E-state index contributed by atoms with van der Waals surface area (Å²) in [4.78, 5) is 0. The average Bonchev–Trinajstić information content (AvgIpc) is 2.67. The van der Waals surface area contributed by atoms with E-state index in [-0.39, 0.29) is 12.2 Å². The first-order valence-corrected chi connectivity index (χ1v) is 9.83. The van der Waals surface area contributed by atoms with Crippen molar-refractivity contribution in [1.29, 1.82) is 0 Å². The van der Waals surface area contributed by atoms with Gasteiger partial charge in [-0.25, -0.2) is 0 Å². The zero-order valence-corrected chi connectivity index (χ0v) is 17.5. The average molecular weight is 382 g/mol. The van der Waals surface area contributed by atoms with Crippen molar-refractivity contribution < 1.29 is 14.2 Å². The fraction of sp³-hybridized carbons (Fsp3) is 0.417. The molecule has 0 spiro atoms. The predicted molar refractivity (Wildman–Crippen MR) is 114 cm³/mol. The summed E-state index contributed by atoms with van der Waals surface area (Å²) in [5, 5.41) is 3.52. The van der Waals surface area contributed by atoms with Crippen molar-refractivity contribution in [2.24, 2.45) is 0 Å². The van der Waals surface area contributed by atoms with Crippen molar-refractivity contribution in [3.05, 3.63) is 71.3 Å². The van der Waals surface area contributed by atoms with Crippen molar-refractivity contribution in [3.63, 3.8) is 0 Å². The smallest absolute Gasteiger partial charge is 0.132 e. The maximum atomic E-state index is 6.27. The van der Waals surface area contributed by atoms with Crippen molar-refractivity contribution in [2.75, 3.05) is 19.0 Å². The van der Waals surface area contributed by atoms with Crippen LogP contribution in [0.1, 0.15) is 43.6 Å². The Kier molecular flexibility index (Phi) is 6.42. The van der Waals surface area contributed by atoms with Crippen molar-refractivity contribution in [2.45, 2.75) is 52.0 Å². The minimum Gasteiger partial charge on any atom is -0.485 e. The molecule has 0 aromatic heterocycles. The molecule has 0 fully saturated rings. The van der Waals surface area contributed by atoms with Crippen LogP contribution in [-0.2, 0) is 16.0 Å². The van der Waals surface area contributed by atoms with Crippen LogP contribution < -0.4 is 10.1 Å². The summed E-state index contributed by atoms with van der Waals surface area (Å²) in [6.45, 7) is 9.53. The van der Waals surface area contributed by atoms with Gasteiger partial charge in [0.05, 0.1) is 6.61 Å². The molecule has 2 aromatic carbocycles. The zero-order chi connectivity index (χ0) is 20.1. The molecule has 1 aliphatic rings. The summed E-state index contributed by atoms with van der Waals surface area (Å²) in [6.07, 6.45) is 3.59. The summed E-state index contributed by atoms with van der Waals surface area (Å²) < 4.78 is 18.3. The first-order chi connectivity index (χ1) is 13.5. The number of fused-ring (bicyclic) bond motifs is 1. The maximum absolute atomic E-state index is 6.27. The molecular formula is C24H31NO3. The van der Waals surface area contributed by atoms with E-state index in [1.807, 2.05) is 39.0 Å². The third-order valence-corrected chi connectivity index (χ3v) is 5.26. The lowest BCUT2D eigenvalue weighted by molar-refractivity contribution is -0.148. The van der Waals surface area contributed by atoms with E-state index in [9.17, 15) is 0 Å². The number of rotatable bonds is 7. The van der Waals surface area contributed by atoms with Gasteiger partial charge in [0, 0.05) is 24.9 Å². The SMILES string of the molecule is CC=CCOC1C(OC)c2cc(NCc3ccccc3C)ccc2OC1(C)C. The van der Waals surface area contributed by atoms with Gasteiger partial charge in [0.1, 0.15) is 23.6 Å². The Morgan fingerprint density at radius 2 is 1.96 bits per heavy atom. The van der Waals surface area contributed by atoms with Crippen LogP contribution in [0.5, 0.6) is 5.75 Å². The summed E-state index contributed by atoms with van der Waals surface area (Å²) in [7, 11) is 1.73. The quantitative estimate of drug-likeness (QED) is 0.650. The maximum Gasteiger partial charge on any atom is 0.132 e. The minimum atomic E-state index is -0.481. The molecule has 4 heteroatoms. The van der Waals surface area contributed by atoms with Gasteiger partial charge < -0.3 is 19.5 Å². The first kappa shape index (κ1) is 20.4. The Labute approximate surface area is 168 Å². The van der Waals surface area contributed by atoms with Crippen LogP contribution >= 0.6 is 0 Å². The van der Waals surface area contributed by atoms with Crippen LogP contribution in [0.4, 0.5) is 5.69 Å². The van der Waals surface area contributed by atoms with Gasteiger partial charge in [-0.2, -0.15) is 0 Å². The standard InChI is InChI=1S/C24H31NO3/c1-6-7-14-27-23-22(26-5)20-15-19(12-13-21(20)28-24(23,3)4)25-16-18-11-9-8-10-17(18)2/h6-13,15,22-23,25H,14,16H2,1-5H3. The lowest BCUT2D eigenvalue weighted by atomic mass is 9.88. The Balaban J connectivity index is 1.83. The molecule has 0 bridgehead atoms. The van der Waals surface area contributed by atoms with Crippen LogP contribution in [0.2, 0.25) is 0 Å². The minimum absolute atomic E-state index is 0.191. The number of hydrogen-bond acceptors (Lipinski definition) is 4. The molecule has 3 rings (SSSR count). The first-order valence-electron chi connectivity index (χ1n) is 9.83. The lowest BCUT2D eigenvalue weighted by Gasteiger charge is -2.43. The van der Waals surface area contributed by atoms with Gasteiger partial charge in [-0.3, -0.25) is 0 Å². The largest absolute Gasteiger partial charge is 0.485 e. The third kappa shape index (κ3) is 4.40. The van der Waals surface area contributed by atoms with E-state index in [2.05, 4.69) is 48.6 Å². The normalized spacial score (nSPS) is 20.6.